The van der Waals surface area contributed by atoms with E-state index in [4.69, 9.17) is 0 Å². The van der Waals surface area contributed by atoms with Gasteiger partial charge in [-0.2, -0.15) is 0 Å². The third kappa shape index (κ3) is 3.49. The molecule has 1 aromatic carbocycles. The summed E-state index contributed by atoms with van der Waals surface area (Å²) in [5.41, 5.74) is 0. The van der Waals surface area contributed by atoms with E-state index in [-0.39, 0.29) is 0 Å². The third-order valence-electron chi connectivity index (χ3n) is 1.68. The van der Waals surface area contributed by atoms with Gasteiger partial charge in [0.25, 0.3) is 0 Å². The monoisotopic (exact) mass is 518 g/mol. The van der Waals surface area contributed by atoms with Crippen LogP contribution in [0.5, 0.6) is 0 Å². The molecule has 14 heavy (non-hydrogen) atoms. The zero-order chi connectivity index (χ0) is 10.8. The van der Waals surface area contributed by atoms with Crippen molar-refractivity contribution < 1.29 is 37.7 Å². The van der Waals surface area contributed by atoms with E-state index in [1.54, 1.807) is 30.3 Å². The van der Waals surface area contributed by atoms with Gasteiger partial charge in [0.05, 0.1) is 0 Å². The zero-order valence-electron chi connectivity index (χ0n) is 6.98. The summed E-state index contributed by atoms with van der Waals surface area (Å²) in [4.78, 5) is 0. The second-order valence-electron chi connectivity index (χ2n) is 2.86. The summed E-state index contributed by atoms with van der Waals surface area (Å²) in [6, 6.07) is 8.84. The average molecular weight is 519 g/mol. The summed E-state index contributed by atoms with van der Waals surface area (Å²) in [7, 11) is 0. The van der Waals surface area contributed by atoms with Crippen LogP contribution in [-0.2, 0) is 24.6 Å². The van der Waals surface area contributed by atoms with E-state index in [0.717, 1.165) is 3.07 Å². The molecule has 0 heterocycles. The van der Waals surface area contributed by atoms with Crippen molar-refractivity contribution in [1.82, 2.24) is 0 Å². The molecule has 0 bridgehead atoms. The van der Waals surface area contributed by atoms with Gasteiger partial charge in [0.1, 0.15) is 0 Å². The fourth-order valence-electron chi connectivity index (χ4n) is 0.952. The molecule has 0 unspecified atom stereocenters. The van der Waals surface area contributed by atoms with E-state index >= 15 is 0 Å². The number of rotatable bonds is 2. The average Bonchev–Trinajstić information content (AvgIpc) is 2.03. The molecule has 0 aliphatic rings. The van der Waals surface area contributed by atoms with Gasteiger partial charge in [-0.3, -0.25) is 0 Å². The normalized spacial score (nSPS) is 12.4. The second kappa shape index (κ2) is 4.83. The van der Waals surface area contributed by atoms with Gasteiger partial charge < -0.3 is 0 Å². The third-order valence-corrected chi connectivity index (χ3v) is 14.2. The van der Waals surface area contributed by atoms with Crippen molar-refractivity contribution in [2.75, 3.05) is 0 Å². The van der Waals surface area contributed by atoms with Gasteiger partial charge in [-0.15, -0.1) is 0 Å². The predicted molar refractivity (Wildman–Crippen MR) is 52.7 cm³/mol. The fraction of sp³-hybridized carbons (Fsp3) is 0.250. The summed E-state index contributed by atoms with van der Waals surface area (Å²) in [5, 5.41) is 0. The molecule has 6 heteroatoms. The van der Waals surface area contributed by atoms with Crippen molar-refractivity contribution in [3.05, 3.63) is 30.3 Å². The van der Waals surface area contributed by atoms with Gasteiger partial charge in [0.2, 0.25) is 0 Å². The van der Waals surface area contributed by atoms with Crippen molar-refractivity contribution in [3.8, 4) is 0 Å². The molecule has 1 rings (SSSR count). The molecular weight excluding hydrogens is 513 g/mol. The molecule has 0 saturated carbocycles. The van der Waals surface area contributed by atoms with Gasteiger partial charge >= 0.3 is 110 Å². The summed E-state index contributed by atoms with van der Waals surface area (Å²) in [6.45, 7) is 0. The zero-order valence-corrected chi connectivity index (χ0v) is 15.7. The first-order valence-corrected chi connectivity index (χ1v) is 10.9. The molecule has 1 aromatic rings. The Labute approximate surface area is 109 Å². The Bertz CT molecular complexity index is 297. The van der Waals surface area contributed by atoms with Gasteiger partial charge in [-0.25, -0.2) is 0 Å². The van der Waals surface area contributed by atoms with Crippen LogP contribution in [0.2, 0.25) is 0 Å². The van der Waals surface area contributed by atoms with E-state index in [9.17, 15) is 13.2 Å². The topological polar surface area (TPSA) is 0 Å². The van der Waals surface area contributed by atoms with Crippen LogP contribution in [0.15, 0.2) is 30.3 Å². The molecule has 0 atom stereocenters. The quantitative estimate of drug-likeness (QED) is 0.416. The van der Waals surface area contributed by atoms with Crippen LogP contribution in [-0.4, -0.2) is 6.92 Å². The maximum atomic E-state index is 12.5. The van der Waals surface area contributed by atoms with Crippen LogP contribution < -0.4 is 3.07 Å². The Kier molecular flexibility index (Phi) is 4.47. The molecule has 0 spiro atoms. The number of benzene rings is 1. The first-order valence-electron chi connectivity index (χ1n) is 3.81. The van der Waals surface area contributed by atoms with Crippen molar-refractivity contribution >= 4 is 34.9 Å². The van der Waals surface area contributed by atoms with E-state index in [1.807, 2.05) is 0 Å². The minimum atomic E-state index is -4.22. The molecule has 0 saturated heterocycles. The molecule has 0 aromatic heterocycles. The number of alkyl halides is 5. The van der Waals surface area contributed by atoms with Gasteiger partial charge in [0, 0.05) is 0 Å². The molecule has 0 amide bonds. The number of halogens is 5. The van der Waals surface area contributed by atoms with E-state index < -0.39 is 31.5 Å². The van der Waals surface area contributed by atoms with Gasteiger partial charge in [0.15, 0.2) is 0 Å². The van der Waals surface area contributed by atoms with E-state index in [0.29, 0.717) is 0 Å². The Morgan fingerprint density at radius 3 is 1.93 bits per heavy atom. The Balaban J connectivity index is 2.79. The van der Waals surface area contributed by atoms with Crippen LogP contribution in [0, 0.1) is 0 Å². The SMILES string of the molecule is FC(F)(F)[C](Br)(Br)[Hg][c]1ccccc1. The van der Waals surface area contributed by atoms with Crippen molar-refractivity contribution in [3.63, 3.8) is 0 Å². The summed E-state index contributed by atoms with van der Waals surface area (Å²) >= 11 is 3.18. The molecule has 0 nitrogen and oxygen atoms in total. The van der Waals surface area contributed by atoms with Crippen molar-refractivity contribution in [2.24, 2.45) is 0 Å². The summed E-state index contributed by atoms with van der Waals surface area (Å²) < 4.78 is 36.5. The van der Waals surface area contributed by atoms with Crippen LogP contribution in [0.1, 0.15) is 0 Å². The molecule has 0 fully saturated rings. The fourth-order valence-corrected chi connectivity index (χ4v) is 11.4. The Morgan fingerprint density at radius 1 is 1.00 bits per heavy atom. The molecule has 74 valence electrons. The standard InChI is InChI=1S/C6H5.C2Br2F3.Hg/c1-2-4-6-5-3-1;3-1(4)2(5,6)7;/h1-5H;;. The van der Waals surface area contributed by atoms with E-state index in [2.05, 4.69) is 31.9 Å². The first kappa shape index (κ1) is 13.0. The minimum absolute atomic E-state index is 0.846. The first-order chi connectivity index (χ1) is 6.33. The molecule has 0 radical (unpaired) electrons. The molecular formula is C8H5Br2F3Hg. The number of hydrogen-bond acceptors (Lipinski definition) is 0. The van der Waals surface area contributed by atoms with Gasteiger partial charge in [-0.1, -0.05) is 0 Å². The Hall–Kier alpha value is 0.905. The number of hydrogen-bond donors (Lipinski definition) is 0. The Morgan fingerprint density at radius 2 is 1.50 bits per heavy atom. The molecule has 0 aliphatic carbocycles. The second-order valence-corrected chi connectivity index (χ2v) is 23.4. The predicted octanol–water partition coefficient (Wildman–Crippen LogP) is 3.40. The molecule has 0 N–H and O–H groups in total. The van der Waals surface area contributed by atoms with Crippen molar-refractivity contribution in [1.29, 1.82) is 0 Å². The van der Waals surface area contributed by atoms with E-state index in [1.165, 1.54) is 0 Å². The van der Waals surface area contributed by atoms with Crippen LogP contribution >= 0.6 is 31.9 Å². The maximum absolute atomic E-state index is 12.5. The van der Waals surface area contributed by atoms with Crippen LogP contribution in [0.4, 0.5) is 13.2 Å². The van der Waals surface area contributed by atoms with Crippen LogP contribution in [0.25, 0.3) is 0 Å². The van der Waals surface area contributed by atoms with Crippen LogP contribution in [0.3, 0.4) is 0 Å². The summed E-state index contributed by atoms with van der Waals surface area (Å²) in [6.07, 6.45) is -4.22. The summed E-state index contributed by atoms with van der Waals surface area (Å²) in [5.74, 6) is 0. The van der Waals surface area contributed by atoms with Crippen molar-refractivity contribution in [2.45, 2.75) is 6.92 Å². The molecule has 0 aliphatic heterocycles. The van der Waals surface area contributed by atoms with Gasteiger partial charge in [-0.05, 0) is 0 Å².